The Morgan fingerprint density at radius 1 is 1.03 bits per heavy atom. The van der Waals surface area contributed by atoms with Gasteiger partial charge in [-0.2, -0.15) is 0 Å². The molecule has 0 spiro atoms. The average Bonchev–Trinajstić information content (AvgIpc) is 3.17. The van der Waals surface area contributed by atoms with Gasteiger partial charge in [0.25, 0.3) is 0 Å². The predicted molar refractivity (Wildman–Crippen MR) is 126 cm³/mol. The van der Waals surface area contributed by atoms with Crippen molar-refractivity contribution in [3.63, 3.8) is 0 Å². The number of likely N-dealkylation sites (N-methyl/N-ethyl adjacent to an activating group) is 1. The molecular weight excluding hydrogens is 396 g/mol. The molecule has 1 atom stereocenters. The van der Waals surface area contributed by atoms with Gasteiger partial charge in [0.1, 0.15) is 0 Å². The third kappa shape index (κ3) is 5.04. The Bertz CT molecular complexity index is 986. The number of para-hydroxylation sites is 2. The van der Waals surface area contributed by atoms with Crippen LogP contribution in [0, 0.1) is 0 Å². The van der Waals surface area contributed by atoms with E-state index in [2.05, 4.69) is 60.2 Å². The third-order valence-corrected chi connectivity index (χ3v) is 5.47. The van der Waals surface area contributed by atoms with Crippen LogP contribution in [0.15, 0.2) is 48.7 Å². The van der Waals surface area contributed by atoms with Gasteiger partial charge in [-0.05, 0) is 29.9 Å². The number of thiocarbonyl (C=S) groups is 1. The van der Waals surface area contributed by atoms with Gasteiger partial charge in [0, 0.05) is 35.1 Å². The van der Waals surface area contributed by atoms with E-state index in [9.17, 15) is 0 Å². The molecule has 3 rings (SSSR count). The smallest absolute Gasteiger partial charge is 0.166 e. The molecule has 3 aromatic rings. The molecule has 0 bridgehead atoms. The fraction of sp³-hybridized carbons (Fsp3) is 0.348. The molecule has 1 aromatic heterocycles. The molecule has 0 fully saturated rings. The minimum atomic E-state index is 0.0189. The predicted octanol–water partition coefficient (Wildman–Crippen LogP) is 1.93. The molecule has 0 saturated carbocycles. The van der Waals surface area contributed by atoms with Crippen molar-refractivity contribution in [1.82, 2.24) is 15.6 Å². The van der Waals surface area contributed by atoms with Gasteiger partial charge < -0.3 is 30.0 Å². The summed E-state index contributed by atoms with van der Waals surface area (Å²) in [7, 11) is 7.59. The summed E-state index contributed by atoms with van der Waals surface area (Å²) in [5.74, 6) is 1.48. The van der Waals surface area contributed by atoms with Gasteiger partial charge >= 0.3 is 0 Å². The third-order valence-electron chi connectivity index (χ3n) is 5.18. The van der Waals surface area contributed by atoms with Crippen molar-refractivity contribution in [3.05, 3.63) is 59.8 Å². The number of quaternary nitrogens is 1. The number of H-pyrrole nitrogens is 1. The minimum absolute atomic E-state index is 0.0189. The quantitative estimate of drug-likeness (QED) is 0.393. The summed E-state index contributed by atoms with van der Waals surface area (Å²) < 4.78 is 11.3. The van der Waals surface area contributed by atoms with Gasteiger partial charge in [0.05, 0.1) is 41.4 Å². The molecule has 0 aliphatic rings. The lowest BCUT2D eigenvalue weighted by Crippen LogP contribution is -3.06. The fourth-order valence-corrected chi connectivity index (χ4v) is 3.82. The van der Waals surface area contributed by atoms with Crippen LogP contribution >= 0.6 is 12.2 Å². The van der Waals surface area contributed by atoms with Crippen LogP contribution in [0.5, 0.6) is 11.5 Å². The zero-order chi connectivity index (χ0) is 21.5. The SMILES string of the molecule is COc1cccc([C@H](CNC(=S)NCC[NH+](C)C)c2c[nH]c3ccccc23)c1OC. The summed E-state index contributed by atoms with van der Waals surface area (Å²) in [5, 5.41) is 8.53. The van der Waals surface area contributed by atoms with Gasteiger partial charge in [0.15, 0.2) is 16.6 Å². The van der Waals surface area contributed by atoms with E-state index in [1.807, 2.05) is 18.2 Å². The van der Waals surface area contributed by atoms with E-state index < -0.39 is 0 Å². The first kappa shape index (κ1) is 21.9. The van der Waals surface area contributed by atoms with Crippen LogP contribution in [0.4, 0.5) is 0 Å². The molecule has 0 saturated heterocycles. The summed E-state index contributed by atoms with van der Waals surface area (Å²) in [6.07, 6.45) is 2.07. The number of hydrogen-bond acceptors (Lipinski definition) is 3. The van der Waals surface area contributed by atoms with Crippen molar-refractivity contribution in [2.45, 2.75) is 5.92 Å². The van der Waals surface area contributed by atoms with Crippen LogP contribution in [0.2, 0.25) is 0 Å². The number of hydrogen-bond donors (Lipinski definition) is 4. The van der Waals surface area contributed by atoms with E-state index in [1.165, 1.54) is 15.8 Å². The molecule has 4 N–H and O–H groups in total. The Labute approximate surface area is 183 Å². The lowest BCUT2D eigenvalue weighted by atomic mass is 9.90. The number of ether oxygens (including phenoxy) is 2. The lowest BCUT2D eigenvalue weighted by Gasteiger charge is -2.22. The Kier molecular flexibility index (Phi) is 7.54. The van der Waals surface area contributed by atoms with E-state index >= 15 is 0 Å². The lowest BCUT2D eigenvalue weighted by molar-refractivity contribution is -0.856. The van der Waals surface area contributed by atoms with Gasteiger partial charge in [-0.1, -0.05) is 30.3 Å². The fourth-order valence-electron chi connectivity index (χ4n) is 3.64. The largest absolute Gasteiger partial charge is 0.493 e. The summed E-state index contributed by atoms with van der Waals surface area (Å²) in [5.41, 5.74) is 3.34. The first-order valence-electron chi connectivity index (χ1n) is 10.1. The van der Waals surface area contributed by atoms with Crippen LogP contribution in [-0.2, 0) is 0 Å². The maximum Gasteiger partial charge on any atom is 0.166 e. The van der Waals surface area contributed by atoms with E-state index in [0.717, 1.165) is 35.7 Å². The first-order valence-corrected chi connectivity index (χ1v) is 10.5. The monoisotopic (exact) mass is 427 g/mol. The van der Waals surface area contributed by atoms with Crippen molar-refractivity contribution >= 4 is 28.2 Å². The summed E-state index contributed by atoms with van der Waals surface area (Å²) in [6, 6.07) is 14.3. The molecule has 7 heteroatoms. The second-order valence-electron chi connectivity index (χ2n) is 7.52. The molecule has 30 heavy (non-hydrogen) atoms. The van der Waals surface area contributed by atoms with Gasteiger partial charge in [-0.15, -0.1) is 0 Å². The van der Waals surface area contributed by atoms with Crippen LogP contribution in [0.3, 0.4) is 0 Å². The summed E-state index contributed by atoms with van der Waals surface area (Å²) >= 11 is 5.51. The van der Waals surface area contributed by atoms with Crippen molar-refractivity contribution in [2.75, 3.05) is 47.9 Å². The molecule has 0 radical (unpaired) electrons. The molecule has 0 aliphatic heterocycles. The zero-order valence-electron chi connectivity index (χ0n) is 18.0. The molecule has 1 heterocycles. The highest BCUT2D eigenvalue weighted by Gasteiger charge is 2.23. The maximum atomic E-state index is 5.74. The Balaban J connectivity index is 1.92. The van der Waals surface area contributed by atoms with Crippen LogP contribution in [-0.4, -0.2) is 58.0 Å². The number of rotatable bonds is 9. The van der Waals surface area contributed by atoms with Crippen molar-refractivity contribution < 1.29 is 14.4 Å². The molecule has 0 aliphatic carbocycles. The Hall–Kier alpha value is -2.77. The first-order chi connectivity index (χ1) is 14.5. The topological polar surface area (TPSA) is 62.8 Å². The number of aromatic amines is 1. The Morgan fingerprint density at radius 3 is 2.57 bits per heavy atom. The second kappa shape index (κ2) is 10.3. The van der Waals surface area contributed by atoms with Crippen LogP contribution < -0.4 is 25.0 Å². The van der Waals surface area contributed by atoms with E-state index in [1.54, 1.807) is 14.2 Å². The van der Waals surface area contributed by atoms with Crippen LogP contribution in [0.1, 0.15) is 17.0 Å². The summed E-state index contributed by atoms with van der Waals surface area (Å²) in [6.45, 7) is 2.46. The number of aromatic nitrogens is 1. The molecule has 2 aromatic carbocycles. The van der Waals surface area contributed by atoms with Crippen molar-refractivity contribution in [3.8, 4) is 11.5 Å². The van der Waals surface area contributed by atoms with Gasteiger partial charge in [0.2, 0.25) is 0 Å². The normalized spacial score (nSPS) is 12.0. The molecule has 0 amide bonds. The van der Waals surface area contributed by atoms with Crippen molar-refractivity contribution in [1.29, 1.82) is 0 Å². The number of nitrogens with one attached hydrogen (secondary N) is 4. The number of benzene rings is 2. The van der Waals surface area contributed by atoms with Crippen molar-refractivity contribution in [2.24, 2.45) is 0 Å². The van der Waals surface area contributed by atoms with E-state index in [-0.39, 0.29) is 5.92 Å². The highest BCUT2D eigenvalue weighted by molar-refractivity contribution is 7.80. The highest BCUT2D eigenvalue weighted by Crippen LogP contribution is 2.40. The Morgan fingerprint density at radius 2 is 1.83 bits per heavy atom. The minimum Gasteiger partial charge on any atom is -0.493 e. The molecule has 6 nitrogen and oxygen atoms in total. The van der Waals surface area contributed by atoms with Gasteiger partial charge in [-0.25, -0.2) is 0 Å². The van der Waals surface area contributed by atoms with E-state index in [0.29, 0.717) is 11.7 Å². The molecular formula is C23H31N4O2S+. The molecule has 0 unspecified atom stereocenters. The maximum absolute atomic E-state index is 5.74. The van der Waals surface area contributed by atoms with Crippen LogP contribution in [0.25, 0.3) is 10.9 Å². The summed E-state index contributed by atoms with van der Waals surface area (Å²) in [4.78, 5) is 4.77. The number of fused-ring (bicyclic) bond motifs is 1. The highest BCUT2D eigenvalue weighted by atomic mass is 32.1. The second-order valence-corrected chi connectivity index (χ2v) is 7.93. The zero-order valence-corrected chi connectivity index (χ0v) is 18.9. The number of methoxy groups -OCH3 is 2. The average molecular weight is 428 g/mol. The van der Waals surface area contributed by atoms with E-state index in [4.69, 9.17) is 21.7 Å². The van der Waals surface area contributed by atoms with Gasteiger partial charge in [-0.3, -0.25) is 0 Å². The standard InChI is InChI=1S/C23H30N4O2S/c1-27(2)13-12-24-23(30)26-15-19(17-9-7-11-21(28-3)22(17)29-4)18-14-25-20-10-6-5-8-16(18)20/h5-11,14,19,25H,12-13,15H2,1-4H3,(H2,24,26,30)/p+1/t19-/m0/s1. The molecule has 160 valence electrons.